The molecule has 0 unspecified atom stereocenters. The Labute approximate surface area is 94.2 Å². The number of hydrogen-bond donors (Lipinski definition) is 0. The summed E-state index contributed by atoms with van der Waals surface area (Å²) in [6.07, 6.45) is 4.94. The molecule has 0 aromatic rings. The van der Waals surface area contributed by atoms with Crippen molar-refractivity contribution >= 4 is 12.0 Å². The fraction of sp³-hybridized carbons (Fsp3) is 0.667. The molecule has 3 rings (SSSR count). The van der Waals surface area contributed by atoms with Gasteiger partial charge in [0, 0.05) is 5.92 Å². The zero-order valence-electron chi connectivity index (χ0n) is 9.26. The van der Waals surface area contributed by atoms with E-state index < -0.39 is 6.09 Å². The second kappa shape index (κ2) is 3.34. The van der Waals surface area contributed by atoms with Gasteiger partial charge in [-0.05, 0) is 24.2 Å². The van der Waals surface area contributed by atoms with Gasteiger partial charge in [-0.2, -0.15) is 0 Å². The molecule has 1 saturated carbocycles. The summed E-state index contributed by atoms with van der Waals surface area (Å²) in [6.45, 7) is 2.87. The Bertz CT molecular complexity index is 376. The highest BCUT2D eigenvalue weighted by Crippen LogP contribution is 2.48. The van der Waals surface area contributed by atoms with Crippen LogP contribution < -0.4 is 0 Å². The lowest BCUT2D eigenvalue weighted by atomic mass is 9.83. The van der Waals surface area contributed by atoms with Crippen molar-refractivity contribution < 1.29 is 14.3 Å². The topological polar surface area (TPSA) is 46.6 Å². The van der Waals surface area contributed by atoms with Gasteiger partial charge in [0.1, 0.15) is 6.61 Å². The van der Waals surface area contributed by atoms with Gasteiger partial charge in [0.25, 0.3) is 0 Å². The van der Waals surface area contributed by atoms with Crippen LogP contribution in [0.4, 0.5) is 4.79 Å². The zero-order chi connectivity index (χ0) is 11.3. The van der Waals surface area contributed by atoms with Crippen LogP contribution in [-0.4, -0.2) is 30.1 Å². The number of fused-ring (bicyclic) bond motifs is 2. The molecular weight excluding hydrogens is 206 g/mol. The van der Waals surface area contributed by atoms with Gasteiger partial charge < -0.3 is 4.74 Å². The molecule has 4 nitrogen and oxygen atoms in total. The second-order valence-corrected chi connectivity index (χ2v) is 4.94. The monoisotopic (exact) mass is 221 g/mol. The van der Waals surface area contributed by atoms with Crippen LogP contribution in [0, 0.1) is 23.7 Å². The molecule has 86 valence electrons. The van der Waals surface area contributed by atoms with Crippen molar-refractivity contribution in [1.82, 2.24) is 4.90 Å². The Kier molecular flexibility index (Phi) is 2.06. The number of cyclic esters (lactones) is 1. The number of hydrogen-bond acceptors (Lipinski definition) is 3. The summed E-state index contributed by atoms with van der Waals surface area (Å²) in [5, 5.41) is 0. The Hall–Kier alpha value is -1.32. The van der Waals surface area contributed by atoms with Gasteiger partial charge in [-0.3, -0.25) is 4.79 Å². The molecule has 2 aliphatic carbocycles. The van der Waals surface area contributed by atoms with Crippen molar-refractivity contribution in [1.29, 1.82) is 0 Å². The van der Waals surface area contributed by atoms with E-state index in [9.17, 15) is 9.59 Å². The van der Waals surface area contributed by atoms with Crippen molar-refractivity contribution in [3.8, 4) is 0 Å². The van der Waals surface area contributed by atoms with Crippen LogP contribution in [0.2, 0.25) is 0 Å². The van der Waals surface area contributed by atoms with Gasteiger partial charge in [0.2, 0.25) is 5.91 Å². The molecule has 0 radical (unpaired) electrons. The Morgan fingerprint density at radius 1 is 1.44 bits per heavy atom. The van der Waals surface area contributed by atoms with E-state index in [4.69, 9.17) is 4.74 Å². The molecular formula is C12H15NO3. The lowest BCUT2D eigenvalue weighted by Gasteiger charge is -2.26. The fourth-order valence-corrected chi connectivity index (χ4v) is 3.25. The van der Waals surface area contributed by atoms with Crippen LogP contribution in [0.5, 0.6) is 0 Å². The third-order valence-electron chi connectivity index (χ3n) is 4.16. The van der Waals surface area contributed by atoms with Crippen LogP contribution >= 0.6 is 0 Å². The van der Waals surface area contributed by atoms with E-state index in [1.165, 1.54) is 4.90 Å². The normalized spacial score (nSPS) is 40.6. The van der Waals surface area contributed by atoms with E-state index >= 15 is 0 Å². The predicted octanol–water partition coefficient (Wildman–Crippen LogP) is 1.42. The first-order valence-corrected chi connectivity index (χ1v) is 5.85. The maximum absolute atomic E-state index is 12.2. The molecule has 4 atom stereocenters. The summed E-state index contributed by atoms with van der Waals surface area (Å²) in [6, 6.07) is 0. The minimum absolute atomic E-state index is 0.0133. The first-order chi connectivity index (χ1) is 7.68. The van der Waals surface area contributed by atoms with Gasteiger partial charge in [-0.15, -0.1) is 0 Å². The van der Waals surface area contributed by atoms with Gasteiger partial charge in [0.15, 0.2) is 0 Å². The van der Waals surface area contributed by atoms with Crippen LogP contribution in [0.1, 0.15) is 13.3 Å². The number of carbonyl (C=O) groups is 2. The highest BCUT2D eigenvalue weighted by atomic mass is 16.6. The van der Waals surface area contributed by atoms with Crippen molar-refractivity contribution in [2.24, 2.45) is 23.7 Å². The summed E-state index contributed by atoms with van der Waals surface area (Å²) in [4.78, 5) is 24.9. The molecule has 16 heavy (non-hydrogen) atoms. The van der Waals surface area contributed by atoms with Gasteiger partial charge in [-0.1, -0.05) is 19.1 Å². The molecule has 2 bridgehead atoms. The summed E-state index contributed by atoms with van der Waals surface area (Å²) in [7, 11) is 0. The zero-order valence-corrected chi connectivity index (χ0v) is 9.26. The first kappa shape index (κ1) is 9.87. The molecule has 0 spiro atoms. The summed E-state index contributed by atoms with van der Waals surface area (Å²) in [5.41, 5.74) is 0. The van der Waals surface area contributed by atoms with E-state index in [1.807, 2.05) is 0 Å². The number of rotatable bonds is 1. The van der Waals surface area contributed by atoms with Gasteiger partial charge in [-0.25, -0.2) is 9.69 Å². The second-order valence-electron chi connectivity index (χ2n) is 4.94. The van der Waals surface area contributed by atoms with E-state index in [-0.39, 0.29) is 11.8 Å². The van der Waals surface area contributed by atoms with Crippen molar-refractivity contribution in [3.63, 3.8) is 0 Å². The average Bonchev–Trinajstić information content (AvgIpc) is 2.92. The first-order valence-electron chi connectivity index (χ1n) is 5.85. The largest absolute Gasteiger partial charge is 0.447 e. The molecule has 4 heteroatoms. The maximum atomic E-state index is 12.2. The van der Waals surface area contributed by atoms with Crippen molar-refractivity contribution in [2.45, 2.75) is 13.3 Å². The van der Waals surface area contributed by atoms with Crippen LogP contribution in [0.15, 0.2) is 12.2 Å². The van der Waals surface area contributed by atoms with Crippen molar-refractivity contribution in [2.75, 3.05) is 13.2 Å². The van der Waals surface area contributed by atoms with Crippen molar-refractivity contribution in [3.05, 3.63) is 12.2 Å². The minimum Gasteiger partial charge on any atom is -0.447 e. The number of allylic oxidation sites excluding steroid dienone is 2. The molecule has 1 aliphatic heterocycles. The molecule has 2 amide bonds. The number of amides is 2. The minimum atomic E-state index is -0.469. The third-order valence-corrected chi connectivity index (χ3v) is 4.16. The van der Waals surface area contributed by atoms with E-state index in [2.05, 4.69) is 19.1 Å². The molecule has 0 aromatic heterocycles. The SMILES string of the molecule is C[C@H]1[C@H](C(=O)N2CCOC2=O)[C@H]2C=C[C@@H]1C2. The highest BCUT2D eigenvalue weighted by molar-refractivity contribution is 5.94. The highest BCUT2D eigenvalue weighted by Gasteiger charge is 2.48. The number of nitrogens with zero attached hydrogens (tertiary/aromatic N) is 1. The van der Waals surface area contributed by atoms with E-state index in [0.717, 1.165) is 6.42 Å². The fourth-order valence-electron chi connectivity index (χ4n) is 3.25. The van der Waals surface area contributed by atoms with E-state index in [1.54, 1.807) is 0 Å². The summed E-state index contributed by atoms with van der Waals surface area (Å²) < 4.78 is 4.81. The smallest absolute Gasteiger partial charge is 0.416 e. The molecule has 0 aromatic carbocycles. The Morgan fingerprint density at radius 2 is 2.19 bits per heavy atom. The molecule has 0 N–H and O–H groups in total. The Morgan fingerprint density at radius 3 is 2.75 bits per heavy atom. The quantitative estimate of drug-likeness (QED) is 0.629. The standard InChI is InChI=1S/C12H15NO3/c1-7-8-2-3-9(6-8)10(7)11(14)13-4-5-16-12(13)15/h2-3,7-10H,4-6H2,1H3/t7-,8-,9+,10+/m1/s1. The molecule has 3 aliphatic rings. The summed E-state index contributed by atoms with van der Waals surface area (Å²) in [5.74, 6) is 1.17. The van der Waals surface area contributed by atoms with Gasteiger partial charge >= 0.3 is 6.09 Å². The van der Waals surface area contributed by atoms with Crippen LogP contribution in [-0.2, 0) is 9.53 Å². The lowest BCUT2D eigenvalue weighted by molar-refractivity contribution is -0.134. The van der Waals surface area contributed by atoms with Crippen LogP contribution in [0.25, 0.3) is 0 Å². The Balaban J connectivity index is 1.81. The van der Waals surface area contributed by atoms with Crippen LogP contribution in [0.3, 0.4) is 0 Å². The van der Waals surface area contributed by atoms with E-state index in [0.29, 0.717) is 30.9 Å². The molecule has 2 fully saturated rings. The number of imide groups is 1. The number of carbonyl (C=O) groups excluding carboxylic acids is 2. The molecule has 1 heterocycles. The lowest BCUT2D eigenvalue weighted by Crippen LogP contribution is -2.40. The maximum Gasteiger partial charge on any atom is 0.416 e. The average molecular weight is 221 g/mol. The summed E-state index contributed by atoms with van der Waals surface area (Å²) >= 11 is 0. The predicted molar refractivity (Wildman–Crippen MR) is 56.5 cm³/mol. The number of ether oxygens (including phenoxy) is 1. The van der Waals surface area contributed by atoms with Gasteiger partial charge in [0.05, 0.1) is 6.54 Å². The molecule has 1 saturated heterocycles. The third kappa shape index (κ3) is 1.22.